The van der Waals surface area contributed by atoms with Crippen LogP contribution in [0.4, 0.5) is 5.82 Å². The minimum atomic E-state index is 0.385. The summed E-state index contributed by atoms with van der Waals surface area (Å²) in [5.74, 6) is 4.06. The number of nitrogens with two attached hydrogens (primary N) is 1. The van der Waals surface area contributed by atoms with E-state index in [2.05, 4.69) is 32.4 Å². The molecule has 6 nitrogen and oxygen atoms in total. The summed E-state index contributed by atoms with van der Waals surface area (Å²) in [7, 11) is 0. The van der Waals surface area contributed by atoms with Crippen LogP contribution in [-0.2, 0) is 13.0 Å². The van der Waals surface area contributed by atoms with E-state index < -0.39 is 0 Å². The number of rotatable bonds is 4. The molecule has 0 atom stereocenters. The molecule has 0 amide bonds. The summed E-state index contributed by atoms with van der Waals surface area (Å²) < 4.78 is 7.74. The molecule has 3 aromatic rings. The molecule has 0 bridgehead atoms. The van der Waals surface area contributed by atoms with E-state index >= 15 is 0 Å². The minimum absolute atomic E-state index is 0.385. The number of fused-ring (bicyclic) bond motifs is 2. The first kappa shape index (κ1) is 15.8. The van der Waals surface area contributed by atoms with Crippen LogP contribution in [0.2, 0.25) is 0 Å². The van der Waals surface area contributed by atoms with Gasteiger partial charge in [0.05, 0.1) is 6.61 Å². The third-order valence-electron chi connectivity index (χ3n) is 4.12. The van der Waals surface area contributed by atoms with Crippen molar-refractivity contribution in [2.75, 3.05) is 12.3 Å². The zero-order valence-electron chi connectivity index (χ0n) is 13.8. The van der Waals surface area contributed by atoms with Crippen LogP contribution in [0.15, 0.2) is 28.5 Å². The van der Waals surface area contributed by atoms with Gasteiger partial charge in [0.1, 0.15) is 12.1 Å². The van der Waals surface area contributed by atoms with E-state index in [0.717, 1.165) is 52.0 Å². The van der Waals surface area contributed by atoms with Gasteiger partial charge in [-0.1, -0.05) is 24.6 Å². The Bertz CT molecular complexity index is 1000. The number of nitrogen functional groups attached to an aromatic ring is 1. The van der Waals surface area contributed by atoms with Crippen molar-refractivity contribution in [3.05, 3.63) is 29.6 Å². The van der Waals surface area contributed by atoms with Crippen LogP contribution < -0.4 is 10.5 Å². The maximum absolute atomic E-state index is 5.97. The smallest absolute Gasteiger partial charge is 0.175 e. The van der Waals surface area contributed by atoms with Crippen LogP contribution in [-0.4, -0.2) is 26.1 Å². The van der Waals surface area contributed by atoms with Gasteiger partial charge in [0.25, 0.3) is 0 Å². The Hall–Kier alpha value is -2.72. The normalized spacial score (nSPS) is 12.8. The summed E-state index contributed by atoms with van der Waals surface area (Å²) in [6.07, 6.45) is 9.04. The van der Waals surface area contributed by atoms with E-state index in [1.165, 1.54) is 18.1 Å². The topological polar surface area (TPSA) is 78.9 Å². The third kappa shape index (κ3) is 2.68. The first-order valence-corrected chi connectivity index (χ1v) is 8.93. The molecular formula is C18H17N5OS. The lowest BCUT2D eigenvalue weighted by Gasteiger charge is -2.09. The van der Waals surface area contributed by atoms with E-state index in [1.54, 1.807) is 0 Å². The van der Waals surface area contributed by atoms with Crippen molar-refractivity contribution in [2.24, 2.45) is 0 Å². The Kier molecular flexibility index (Phi) is 3.98. The van der Waals surface area contributed by atoms with E-state index in [1.807, 2.05) is 12.1 Å². The number of terminal acetylenes is 1. The molecule has 7 heteroatoms. The van der Waals surface area contributed by atoms with Gasteiger partial charge >= 0.3 is 0 Å². The predicted octanol–water partition coefficient (Wildman–Crippen LogP) is 2.89. The molecule has 0 radical (unpaired) electrons. The molecule has 3 heterocycles. The molecule has 25 heavy (non-hydrogen) atoms. The molecule has 0 aliphatic carbocycles. The second kappa shape index (κ2) is 6.30. The number of ether oxygens (including phenoxy) is 1. The van der Waals surface area contributed by atoms with Crippen molar-refractivity contribution in [2.45, 2.75) is 36.4 Å². The zero-order chi connectivity index (χ0) is 17.4. The number of imidazole rings is 1. The van der Waals surface area contributed by atoms with Gasteiger partial charge < -0.3 is 15.0 Å². The van der Waals surface area contributed by atoms with Crippen molar-refractivity contribution >= 4 is 28.7 Å². The van der Waals surface area contributed by atoms with Gasteiger partial charge in [-0.25, -0.2) is 15.0 Å². The standard InChI is InChI=1S/C18H17N5OS/c1-3-6-23-17-15(16(19)20-10-21-17)22-18(23)25-14-9-13-12(5-7-24-13)8-11(14)4-2/h2,8-10H,3,5-7H2,1H3,(H2,19,20,21). The maximum Gasteiger partial charge on any atom is 0.175 e. The van der Waals surface area contributed by atoms with Crippen LogP contribution in [0.25, 0.3) is 11.2 Å². The third-order valence-corrected chi connectivity index (χ3v) is 5.17. The zero-order valence-corrected chi connectivity index (χ0v) is 14.6. The molecule has 0 fully saturated rings. The number of aromatic nitrogens is 4. The fourth-order valence-corrected chi connectivity index (χ4v) is 3.95. The summed E-state index contributed by atoms with van der Waals surface area (Å²) in [6, 6.07) is 4.04. The first-order valence-electron chi connectivity index (χ1n) is 8.12. The SMILES string of the molecule is C#Cc1cc2c(cc1Sc1nc3c(N)ncnc3n1CCC)OCC2. The summed E-state index contributed by atoms with van der Waals surface area (Å²) in [4.78, 5) is 14.0. The number of benzene rings is 1. The largest absolute Gasteiger partial charge is 0.493 e. The Morgan fingerprint density at radius 2 is 2.28 bits per heavy atom. The second-order valence-electron chi connectivity index (χ2n) is 5.78. The lowest BCUT2D eigenvalue weighted by molar-refractivity contribution is 0.356. The van der Waals surface area contributed by atoms with E-state index in [0.29, 0.717) is 17.9 Å². The highest BCUT2D eigenvalue weighted by molar-refractivity contribution is 7.99. The summed E-state index contributed by atoms with van der Waals surface area (Å²) in [6.45, 7) is 3.61. The van der Waals surface area contributed by atoms with Gasteiger partial charge in [0, 0.05) is 23.4 Å². The van der Waals surface area contributed by atoms with Gasteiger partial charge in [-0.05, 0) is 24.1 Å². The average Bonchev–Trinajstić information content (AvgIpc) is 3.20. The Morgan fingerprint density at radius 3 is 3.08 bits per heavy atom. The van der Waals surface area contributed by atoms with Crippen molar-refractivity contribution in [3.8, 4) is 18.1 Å². The molecule has 0 saturated carbocycles. The molecule has 1 aliphatic heterocycles. The van der Waals surface area contributed by atoms with Gasteiger partial charge in [-0.2, -0.15) is 0 Å². The second-order valence-corrected chi connectivity index (χ2v) is 6.79. The highest BCUT2D eigenvalue weighted by Gasteiger charge is 2.20. The number of hydrogen-bond acceptors (Lipinski definition) is 6. The first-order chi connectivity index (χ1) is 12.2. The van der Waals surface area contributed by atoms with Crippen LogP contribution in [0.1, 0.15) is 24.5 Å². The van der Waals surface area contributed by atoms with Crippen LogP contribution in [0.5, 0.6) is 5.75 Å². The lowest BCUT2D eigenvalue weighted by atomic mass is 10.1. The maximum atomic E-state index is 5.97. The van der Waals surface area contributed by atoms with E-state index in [9.17, 15) is 0 Å². The molecule has 1 aliphatic rings. The monoisotopic (exact) mass is 351 g/mol. The van der Waals surface area contributed by atoms with Crippen molar-refractivity contribution in [3.63, 3.8) is 0 Å². The van der Waals surface area contributed by atoms with Gasteiger partial charge in [0.2, 0.25) is 0 Å². The van der Waals surface area contributed by atoms with Crippen LogP contribution in [0, 0.1) is 12.3 Å². The Balaban J connectivity index is 1.82. The molecule has 2 N–H and O–H groups in total. The van der Waals surface area contributed by atoms with Crippen molar-refractivity contribution < 1.29 is 4.74 Å². The molecule has 0 unspecified atom stereocenters. The number of nitrogens with zero attached hydrogens (tertiary/aromatic N) is 4. The quantitative estimate of drug-likeness (QED) is 0.728. The van der Waals surface area contributed by atoms with Crippen molar-refractivity contribution in [1.29, 1.82) is 0 Å². The lowest BCUT2D eigenvalue weighted by Crippen LogP contribution is -2.01. The highest BCUT2D eigenvalue weighted by atomic mass is 32.2. The number of hydrogen-bond donors (Lipinski definition) is 1. The molecule has 1 aromatic carbocycles. The molecule has 4 rings (SSSR count). The number of anilines is 1. The van der Waals surface area contributed by atoms with Gasteiger partial charge in [-0.3, -0.25) is 0 Å². The van der Waals surface area contributed by atoms with E-state index in [-0.39, 0.29) is 0 Å². The highest BCUT2D eigenvalue weighted by Crippen LogP contribution is 2.38. The van der Waals surface area contributed by atoms with Crippen LogP contribution >= 0.6 is 11.8 Å². The average molecular weight is 351 g/mol. The summed E-state index contributed by atoms with van der Waals surface area (Å²) in [5.41, 5.74) is 9.35. The van der Waals surface area contributed by atoms with Gasteiger partial charge in [0.15, 0.2) is 22.1 Å². The molecular weight excluding hydrogens is 334 g/mol. The molecule has 0 saturated heterocycles. The fourth-order valence-electron chi connectivity index (χ4n) is 2.94. The summed E-state index contributed by atoms with van der Waals surface area (Å²) in [5, 5.41) is 0.804. The molecule has 0 spiro atoms. The Morgan fingerprint density at radius 1 is 1.40 bits per heavy atom. The van der Waals surface area contributed by atoms with Crippen LogP contribution in [0.3, 0.4) is 0 Å². The van der Waals surface area contributed by atoms with E-state index in [4.69, 9.17) is 16.9 Å². The Labute approximate surface area is 149 Å². The summed E-state index contributed by atoms with van der Waals surface area (Å²) >= 11 is 1.51. The molecule has 126 valence electrons. The minimum Gasteiger partial charge on any atom is -0.493 e. The van der Waals surface area contributed by atoms with Crippen molar-refractivity contribution in [1.82, 2.24) is 19.5 Å². The predicted molar refractivity (Wildman–Crippen MR) is 97.7 cm³/mol. The van der Waals surface area contributed by atoms with Gasteiger partial charge in [-0.15, -0.1) is 6.42 Å². The molecule has 2 aromatic heterocycles. The fraction of sp³-hybridized carbons (Fsp3) is 0.278. The number of aryl methyl sites for hydroxylation is 1.